The molecule has 7 heteroatoms. The molecule has 1 saturated carbocycles. The van der Waals surface area contributed by atoms with Crippen LogP contribution in [0.25, 0.3) is 0 Å². The standard InChI is InChI=1S/C16H24N4O3/c1-10(2)18-16(21)12-5-4-6-13(8-12)19-15-11(3)7-14(9-17-15)20(22)23/h7,9-10,12-13H,4-6,8H2,1-3H3,(H,17,19)(H,18,21)/t12-,13-/m1/s1. The first-order chi connectivity index (χ1) is 10.9. The van der Waals surface area contributed by atoms with Gasteiger partial charge < -0.3 is 10.6 Å². The SMILES string of the molecule is Cc1cc([N+](=O)[O-])cnc1N[C@@H]1CCC[C@@H](C(=O)NC(C)C)C1. The number of pyridine rings is 1. The van der Waals surface area contributed by atoms with Crippen molar-refractivity contribution in [2.75, 3.05) is 5.32 Å². The Labute approximate surface area is 136 Å². The van der Waals surface area contributed by atoms with Gasteiger partial charge in [-0.15, -0.1) is 0 Å². The lowest BCUT2D eigenvalue weighted by atomic mass is 9.85. The van der Waals surface area contributed by atoms with Crippen LogP contribution in [-0.4, -0.2) is 27.9 Å². The number of nitrogens with one attached hydrogen (secondary N) is 2. The average Bonchev–Trinajstić information content (AvgIpc) is 2.48. The van der Waals surface area contributed by atoms with Crippen molar-refractivity contribution in [3.63, 3.8) is 0 Å². The van der Waals surface area contributed by atoms with Crippen molar-refractivity contribution in [2.24, 2.45) is 5.92 Å². The lowest BCUT2D eigenvalue weighted by Crippen LogP contribution is -2.40. The fourth-order valence-electron chi connectivity index (χ4n) is 2.97. The van der Waals surface area contributed by atoms with E-state index in [2.05, 4.69) is 15.6 Å². The fourth-order valence-corrected chi connectivity index (χ4v) is 2.97. The summed E-state index contributed by atoms with van der Waals surface area (Å²) in [7, 11) is 0. The molecule has 1 heterocycles. The lowest BCUT2D eigenvalue weighted by Gasteiger charge is -2.30. The summed E-state index contributed by atoms with van der Waals surface area (Å²) in [6.07, 6.45) is 4.89. The number of carbonyl (C=O) groups is 1. The second-order valence-corrected chi connectivity index (χ2v) is 6.48. The van der Waals surface area contributed by atoms with Crippen molar-refractivity contribution < 1.29 is 9.72 Å². The summed E-state index contributed by atoms with van der Waals surface area (Å²) in [6, 6.07) is 1.83. The van der Waals surface area contributed by atoms with Gasteiger partial charge in [-0.05, 0) is 45.6 Å². The molecule has 126 valence electrons. The molecule has 1 aromatic rings. The summed E-state index contributed by atoms with van der Waals surface area (Å²) in [5.74, 6) is 0.785. The Kier molecular flexibility index (Phi) is 5.52. The highest BCUT2D eigenvalue weighted by Gasteiger charge is 2.28. The van der Waals surface area contributed by atoms with E-state index in [1.807, 2.05) is 13.8 Å². The molecular formula is C16H24N4O3. The Morgan fingerprint density at radius 1 is 1.43 bits per heavy atom. The molecule has 0 saturated heterocycles. The highest BCUT2D eigenvalue weighted by molar-refractivity contribution is 5.79. The predicted octanol–water partition coefficient (Wildman–Crippen LogP) is 2.79. The minimum Gasteiger partial charge on any atom is -0.367 e. The Morgan fingerprint density at radius 3 is 2.78 bits per heavy atom. The zero-order chi connectivity index (χ0) is 17.0. The van der Waals surface area contributed by atoms with Crippen molar-refractivity contribution in [1.29, 1.82) is 0 Å². The summed E-state index contributed by atoms with van der Waals surface area (Å²) in [5, 5.41) is 17.1. The summed E-state index contributed by atoms with van der Waals surface area (Å²) in [6.45, 7) is 5.72. The molecule has 23 heavy (non-hydrogen) atoms. The van der Waals surface area contributed by atoms with Crippen LogP contribution in [-0.2, 0) is 4.79 Å². The van der Waals surface area contributed by atoms with Crippen LogP contribution in [0.2, 0.25) is 0 Å². The molecule has 0 aliphatic heterocycles. The number of nitro groups is 1. The molecule has 0 radical (unpaired) electrons. The van der Waals surface area contributed by atoms with Crippen LogP contribution < -0.4 is 10.6 Å². The van der Waals surface area contributed by atoms with E-state index < -0.39 is 4.92 Å². The lowest BCUT2D eigenvalue weighted by molar-refractivity contribution is -0.385. The first-order valence-electron chi connectivity index (χ1n) is 8.04. The largest absolute Gasteiger partial charge is 0.367 e. The summed E-state index contributed by atoms with van der Waals surface area (Å²) in [4.78, 5) is 26.6. The predicted molar refractivity (Wildman–Crippen MR) is 88.3 cm³/mol. The van der Waals surface area contributed by atoms with Gasteiger partial charge in [-0.1, -0.05) is 6.42 Å². The smallest absolute Gasteiger partial charge is 0.287 e. The first-order valence-corrected chi connectivity index (χ1v) is 8.04. The van der Waals surface area contributed by atoms with Crippen LogP contribution in [0.15, 0.2) is 12.3 Å². The molecule has 1 aromatic heterocycles. The third-order valence-electron chi connectivity index (χ3n) is 4.09. The maximum Gasteiger partial charge on any atom is 0.287 e. The number of amides is 1. The Morgan fingerprint density at radius 2 is 2.17 bits per heavy atom. The van der Waals surface area contributed by atoms with Crippen molar-refractivity contribution >= 4 is 17.4 Å². The van der Waals surface area contributed by atoms with Crippen LogP contribution in [0.4, 0.5) is 11.5 Å². The van der Waals surface area contributed by atoms with Gasteiger partial charge in [0.15, 0.2) is 0 Å². The Bertz CT molecular complexity index is 589. The van der Waals surface area contributed by atoms with Crippen LogP contribution in [0, 0.1) is 23.0 Å². The van der Waals surface area contributed by atoms with Crippen LogP contribution in [0.3, 0.4) is 0 Å². The van der Waals surface area contributed by atoms with Crippen LogP contribution >= 0.6 is 0 Å². The number of hydrogen-bond donors (Lipinski definition) is 2. The number of carbonyl (C=O) groups excluding carboxylic acids is 1. The third-order valence-corrected chi connectivity index (χ3v) is 4.09. The number of aromatic nitrogens is 1. The second kappa shape index (κ2) is 7.39. The number of anilines is 1. The number of aryl methyl sites for hydroxylation is 1. The number of hydrogen-bond acceptors (Lipinski definition) is 5. The van der Waals surface area contributed by atoms with Gasteiger partial charge in [-0.3, -0.25) is 14.9 Å². The van der Waals surface area contributed by atoms with Crippen molar-refractivity contribution in [3.05, 3.63) is 27.9 Å². The average molecular weight is 320 g/mol. The third kappa shape index (κ3) is 4.64. The van der Waals surface area contributed by atoms with E-state index >= 15 is 0 Å². The molecule has 7 nitrogen and oxygen atoms in total. The van der Waals surface area contributed by atoms with Crippen molar-refractivity contribution in [2.45, 2.75) is 58.5 Å². The molecule has 1 aliphatic rings. The Hall–Kier alpha value is -2.18. The van der Waals surface area contributed by atoms with Gasteiger partial charge in [-0.25, -0.2) is 4.98 Å². The van der Waals surface area contributed by atoms with E-state index in [1.54, 1.807) is 6.92 Å². The summed E-state index contributed by atoms with van der Waals surface area (Å²) < 4.78 is 0. The summed E-state index contributed by atoms with van der Waals surface area (Å²) in [5.41, 5.74) is 0.735. The second-order valence-electron chi connectivity index (χ2n) is 6.48. The molecule has 1 amide bonds. The highest BCUT2D eigenvalue weighted by atomic mass is 16.6. The molecule has 0 aromatic carbocycles. The molecule has 2 N–H and O–H groups in total. The molecular weight excluding hydrogens is 296 g/mol. The Balaban J connectivity index is 2.00. The number of nitrogens with zero attached hydrogens (tertiary/aromatic N) is 2. The van der Waals surface area contributed by atoms with Crippen molar-refractivity contribution in [3.8, 4) is 0 Å². The quantitative estimate of drug-likeness (QED) is 0.642. The van der Waals surface area contributed by atoms with E-state index in [-0.39, 0.29) is 29.6 Å². The van der Waals surface area contributed by atoms with Gasteiger partial charge in [0.25, 0.3) is 5.69 Å². The molecule has 0 unspecified atom stereocenters. The van der Waals surface area contributed by atoms with Gasteiger partial charge in [0, 0.05) is 24.1 Å². The molecule has 0 spiro atoms. The maximum atomic E-state index is 12.2. The highest BCUT2D eigenvalue weighted by Crippen LogP contribution is 2.28. The zero-order valence-corrected chi connectivity index (χ0v) is 13.8. The van der Waals surface area contributed by atoms with Gasteiger partial charge in [-0.2, -0.15) is 0 Å². The van der Waals surface area contributed by atoms with Gasteiger partial charge in [0.1, 0.15) is 12.0 Å². The van der Waals surface area contributed by atoms with E-state index in [1.165, 1.54) is 12.3 Å². The molecule has 1 fully saturated rings. The normalized spacial score (nSPS) is 21.0. The molecule has 1 aliphatic carbocycles. The van der Waals surface area contributed by atoms with E-state index in [0.717, 1.165) is 31.2 Å². The zero-order valence-electron chi connectivity index (χ0n) is 13.8. The topological polar surface area (TPSA) is 97.2 Å². The van der Waals surface area contributed by atoms with E-state index in [4.69, 9.17) is 0 Å². The minimum absolute atomic E-state index is 0.00844. The van der Waals surface area contributed by atoms with E-state index in [9.17, 15) is 14.9 Å². The molecule has 0 bridgehead atoms. The van der Waals surface area contributed by atoms with Gasteiger partial charge in [0.05, 0.1) is 4.92 Å². The van der Waals surface area contributed by atoms with Crippen molar-refractivity contribution in [1.82, 2.24) is 10.3 Å². The minimum atomic E-state index is -0.448. The van der Waals surface area contributed by atoms with Gasteiger partial charge >= 0.3 is 0 Å². The number of rotatable bonds is 5. The maximum absolute atomic E-state index is 12.2. The van der Waals surface area contributed by atoms with Crippen LogP contribution in [0.5, 0.6) is 0 Å². The molecule has 2 rings (SSSR count). The fraction of sp³-hybridized carbons (Fsp3) is 0.625. The van der Waals surface area contributed by atoms with Gasteiger partial charge in [0.2, 0.25) is 5.91 Å². The first kappa shape index (κ1) is 17.2. The molecule has 2 atom stereocenters. The van der Waals surface area contributed by atoms with Crippen LogP contribution in [0.1, 0.15) is 45.1 Å². The monoisotopic (exact) mass is 320 g/mol. The summed E-state index contributed by atoms with van der Waals surface area (Å²) >= 11 is 0. The van der Waals surface area contributed by atoms with E-state index in [0.29, 0.717) is 5.82 Å².